The molecule has 0 radical (unpaired) electrons. The predicted molar refractivity (Wildman–Crippen MR) is 103 cm³/mol. The number of aryl methyl sites for hydroxylation is 1. The van der Waals surface area contributed by atoms with Crippen molar-refractivity contribution in [1.82, 2.24) is 4.90 Å². The lowest BCUT2D eigenvalue weighted by atomic mass is 10.1. The predicted octanol–water partition coefficient (Wildman–Crippen LogP) is 1.44. The molecule has 0 aliphatic rings. The molecule has 0 saturated carbocycles. The quantitative estimate of drug-likeness (QED) is 0.285. The number of nitrogens with one attached hydrogen (secondary N) is 2. The number of carbonyl (C=O) groups excluding carboxylic acids is 1. The minimum atomic E-state index is -1.34. The van der Waals surface area contributed by atoms with Crippen LogP contribution in [0.4, 0.5) is 17.1 Å². The van der Waals surface area contributed by atoms with Crippen molar-refractivity contribution in [2.45, 2.75) is 13.2 Å². The number of rotatable bonds is 6. The van der Waals surface area contributed by atoms with Gasteiger partial charge < -0.3 is 30.2 Å². The van der Waals surface area contributed by atoms with E-state index in [1.54, 1.807) is 13.0 Å². The van der Waals surface area contributed by atoms with Crippen molar-refractivity contribution < 1.29 is 19.4 Å². The summed E-state index contributed by atoms with van der Waals surface area (Å²) < 4.78 is 5.16. The highest BCUT2D eigenvalue weighted by atomic mass is 16.4. The van der Waals surface area contributed by atoms with Gasteiger partial charge in [0.2, 0.25) is 0 Å². The highest BCUT2D eigenvalue weighted by molar-refractivity contribution is 5.99. The zero-order valence-corrected chi connectivity index (χ0v) is 15.4. The van der Waals surface area contributed by atoms with Crippen LogP contribution in [0.1, 0.15) is 27.9 Å². The zero-order chi connectivity index (χ0) is 20.6. The fraction of sp³-hybridized carbons (Fsp3) is 0.211. The van der Waals surface area contributed by atoms with Crippen LogP contribution in [0.5, 0.6) is 5.75 Å². The minimum Gasteiger partial charge on any atom is -0.505 e. The van der Waals surface area contributed by atoms with Gasteiger partial charge in [-0.15, -0.1) is 0 Å². The molecule has 0 unspecified atom stereocenters. The topological polar surface area (TPSA) is 132 Å². The van der Waals surface area contributed by atoms with Crippen LogP contribution in [-0.2, 0) is 0 Å². The lowest BCUT2D eigenvalue weighted by molar-refractivity contribution is 0.0824. The van der Waals surface area contributed by atoms with E-state index in [1.807, 2.05) is 0 Å². The normalized spacial score (nSPS) is 12.0. The molecule has 2 aromatic carbocycles. The molecule has 0 fully saturated rings. The summed E-state index contributed by atoms with van der Waals surface area (Å²) in [4.78, 5) is 37.3. The number of hydrogen-bond donors (Lipinski definition) is 4. The van der Waals surface area contributed by atoms with Gasteiger partial charge in [-0.3, -0.25) is 14.4 Å². The van der Waals surface area contributed by atoms with Crippen molar-refractivity contribution in [3.8, 4) is 5.75 Å². The Morgan fingerprint density at radius 1 is 1.18 bits per heavy atom. The SMILES string of the molecule is Cc1coc([C@@H](O)Nc2c(Nc3cccc(C(=O)N(C)C)c3O)c(=O)c2=O)c1. The first-order valence-electron chi connectivity index (χ1n) is 8.34. The molecule has 0 aliphatic carbocycles. The van der Waals surface area contributed by atoms with E-state index in [0.29, 0.717) is 0 Å². The third kappa shape index (κ3) is 3.35. The van der Waals surface area contributed by atoms with Crippen molar-refractivity contribution in [2.24, 2.45) is 0 Å². The number of aromatic hydroxyl groups is 1. The van der Waals surface area contributed by atoms with Crippen LogP contribution in [0, 0.1) is 6.92 Å². The van der Waals surface area contributed by atoms with E-state index in [-0.39, 0.29) is 34.1 Å². The third-order valence-electron chi connectivity index (χ3n) is 4.14. The number of amides is 1. The molecule has 9 nitrogen and oxygen atoms in total. The van der Waals surface area contributed by atoms with Crippen LogP contribution in [0.15, 0.2) is 44.5 Å². The van der Waals surface area contributed by atoms with E-state index in [4.69, 9.17) is 4.42 Å². The summed E-state index contributed by atoms with van der Waals surface area (Å²) in [5, 5.41) is 25.7. The molecule has 1 heterocycles. The molecule has 3 rings (SSSR count). The highest BCUT2D eigenvalue weighted by Gasteiger charge is 2.26. The van der Waals surface area contributed by atoms with E-state index in [2.05, 4.69) is 10.6 Å². The van der Waals surface area contributed by atoms with Gasteiger partial charge >= 0.3 is 0 Å². The maximum atomic E-state index is 12.1. The number of phenols is 1. The van der Waals surface area contributed by atoms with Gasteiger partial charge in [-0.1, -0.05) is 6.07 Å². The first-order chi connectivity index (χ1) is 13.2. The number of benzene rings is 1. The number of aliphatic hydroxyl groups is 1. The second kappa shape index (κ2) is 7.20. The van der Waals surface area contributed by atoms with Crippen LogP contribution < -0.4 is 21.5 Å². The molecule has 0 saturated heterocycles. The second-order valence-electron chi connectivity index (χ2n) is 6.51. The lowest BCUT2D eigenvalue weighted by Crippen LogP contribution is -2.37. The molecule has 146 valence electrons. The Hall–Kier alpha value is -3.59. The molecule has 9 heteroatoms. The van der Waals surface area contributed by atoms with E-state index in [1.165, 1.54) is 43.5 Å². The van der Waals surface area contributed by atoms with Gasteiger partial charge in [-0.25, -0.2) is 0 Å². The largest absolute Gasteiger partial charge is 0.505 e. The number of furan rings is 1. The molecule has 0 bridgehead atoms. The maximum absolute atomic E-state index is 12.1. The van der Waals surface area contributed by atoms with Gasteiger partial charge in [0.15, 0.2) is 17.7 Å². The summed E-state index contributed by atoms with van der Waals surface area (Å²) in [5.74, 6) is -0.603. The number of para-hydroxylation sites is 1. The fourth-order valence-corrected chi connectivity index (χ4v) is 2.65. The number of carbonyl (C=O) groups is 1. The Balaban J connectivity index is 1.88. The summed E-state index contributed by atoms with van der Waals surface area (Å²) in [5.41, 5.74) is -1.00. The number of phenolic OH excluding ortho intramolecular Hbond substituents is 1. The summed E-state index contributed by atoms with van der Waals surface area (Å²) in [6, 6.07) is 6.00. The summed E-state index contributed by atoms with van der Waals surface area (Å²) in [7, 11) is 3.08. The van der Waals surface area contributed by atoms with Gasteiger partial charge in [0.1, 0.15) is 11.4 Å². The van der Waals surface area contributed by atoms with Crippen LogP contribution >= 0.6 is 0 Å². The van der Waals surface area contributed by atoms with Gasteiger partial charge in [0.25, 0.3) is 16.8 Å². The summed E-state index contributed by atoms with van der Waals surface area (Å²) >= 11 is 0. The Morgan fingerprint density at radius 3 is 2.46 bits per heavy atom. The van der Waals surface area contributed by atoms with Gasteiger partial charge in [0, 0.05) is 14.1 Å². The Bertz CT molecular complexity index is 1110. The number of nitrogens with zero attached hydrogens (tertiary/aromatic N) is 1. The summed E-state index contributed by atoms with van der Waals surface area (Å²) in [6.07, 6.45) is 0.0973. The first-order valence-corrected chi connectivity index (χ1v) is 8.34. The monoisotopic (exact) mass is 385 g/mol. The van der Waals surface area contributed by atoms with Crippen molar-refractivity contribution in [3.63, 3.8) is 0 Å². The van der Waals surface area contributed by atoms with Crippen molar-refractivity contribution in [3.05, 3.63) is 67.9 Å². The molecule has 0 aliphatic heterocycles. The van der Waals surface area contributed by atoms with Crippen LogP contribution in [0.2, 0.25) is 0 Å². The molecule has 28 heavy (non-hydrogen) atoms. The van der Waals surface area contributed by atoms with E-state index < -0.39 is 23.0 Å². The molecular weight excluding hydrogens is 366 g/mol. The van der Waals surface area contributed by atoms with Crippen LogP contribution in [-0.4, -0.2) is 35.1 Å². The van der Waals surface area contributed by atoms with Crippen LogP contribution in [0.25, 0.3) is 0 Å². The number of aliphatic hydroxyl groups excluding tert-OH is 1. The summed E-state index contributed by atoms with van der Waals surface area (Å²) in [6.45, 7) is 1.77. The molecule has 1 aromatic heterocycles. The molecule has 3 aromatic rings. The Kier molecular flexibility index (Phi) is 4.93. The van der Waals surface area contributed by atoms with E-state index >= 15 is 0 Å². The number of hydrogen-bond acceptors (Lipinski definition) is 8. The van der Waals surface area contributed by atoms with Crippen molar-refractivity contribution in [2.75, 3.05) is 24.7 Å². The molecule has 4 N–H and O–H groups in total. The molecule has 0 spiro atoms. The standard InChI is InChI=1S/C19H19N3O6/c1-9-7-12(28-8-9)18(26)21-14-13(16(24)17(14)25)20-11-6-4-5-10(15(11)23)19(27)22(2)3/h4-8,18,20-21,23,26H,1-3H3/t18-/m1/s1. The van der Waals surface area contributed by atoms with Crippen molar-refractivity contribution in [1.29, 1.82) is 0 Å². The van der Waals surface area contributed by atoms with E-state index in [9.17, 15) is 24.6 Å². The van der Waals surface area contributed by atoms with E-state index in [0.717, 1.165) is 5.56 Å². The average Bonchev–Trinajstić information content (AvgIpc) is 3.11. The Labute approximate surface area is 159 Å². The molecule has 1 atom stereocenters. The molecule has 1 amide bonds. The highest BCUT2D eigenvalue weighted by Crippen LogP contribution is 2.32. The second-order valence-corrected chi connectivity index (χ2v) is 6.51. The van der Waals surface area contributed by atoms with Crippen molar-refractivity contribution >= 4 is 23.0 Å². The average molecular weight is 385 g/mol. The fourth-order valence-electron chi connectivity index (χ4n) is 2.65. The van der Waals surface area contributed by atoms with Gasteiger partial charge in [-0.2, -0.15) is 0 Å². The lowest BCUT2D eigenvalue weighted by Gasteiger charge is -2.19. The molecular formula is C19H19N3O6. The first kappa shape index (κ1) is 19.2. The third-order valence-corrected chi connectivity index (χ3v) is 4.14. The minimum absolute atomic E-state index is 0.0364. The maximum Gasteiger partial charge on any atom is 0.257 e. The van der Waals surface area contributed by atoms with Gasteiger partial charge in [-0.05, 0) is 30.7 Å². The van der Waals surface area contributed by atoms with Crippen LogP contribution in [0.3, 0.4) is 0 Å². The Morgan fingerprint density at radius 2 is 1.86 bits per heavy atom. The smallest absolute Gasteiger partial charge is 0.257 e. The number of anilines is 3. The van der Waals surface area contributed by atoms with Gasteiger partial charge in [0.05, 0.1) is 17.5 Å². The zero-order valence-electron chi connectivity index (χ0n) is 15.4.